The Hall–Kier alpha value is -2.15. The molecule has 0 bridgehead atoms. The lowest BCUT2D eigenvalue weighted by Gasteiger charge is -2.23. The molecule has 0 atom stereocenters. The van der Waals surface area contributed by atoms with Crippen LogP contribution >= 0.6 is 0 Å². The zero-order valence-corrected chi connectivity index (χ0v) is 12.7. The van der Waals surface area contributed by atoms with Gasteiger partial charge in [0.2, 0.25) is 0 Å². The van der Waals surface area contributed by atoms with Crippen molar-refractivity contribution in [1.29, 1.82) is 0 Å². The van der Waals surface area contributed by atoms with Crippen LogP contribution < -0.4 is 10.6 Å². The van der Waals surface area contributed by atoms with Gasteiger partial charge < -0.3 is 15.4 Å². The first-order valence-corrected chi connectivity index (χ1v) is 6.66. The number of amides is 1. The van der Waals surface area contributed by atoms with Gasteiger partial charge in [0.25, 0.3) is 11.6 Å². The Morgan fingerprint density at radius 3 is 2.62 bits per heavy atom. The van der Waals surface area contributed by atoms with Gasteiger partial charge in [-0.25, -0.2) is 0 Å². The molecule has 0 heterocycles. The molecule has 1 amide bonds. The number of anilines is 1. The first-order chi connectivity index (χ1) is 9.80. The average Bonchev–Trinajstić information content (AvgIpc) is 2.45. The van der Waals surface area contributed by atoms with Gasteiger partial charge in [0.1, 0.15) is 5.56 Å². The van der Waals surface area contributed by atoms with Crippen molar-refractivity contribution in [2.45, 2.75) is 26.4 Å². The van der Waals surface area contributed by atoms with Crippen molar-refractivity contribution in [3.63, 3.8) is 0 Å². The van der Waals surface area contributed by atoms with Gasteiger partial charge in [-0.3, -0.25) is 14.9 Å². The number of nitrogens with one attached hydrogen (secondary N) is 2. The zero-order chi connectivity index (χ0) is 16.0. The maximum atomic E-state index is 12.2. The summed E-state index contributed by atoms with van der Waals surface area (Å²) >= 11 is 0. The number of nitro groups is 1. The van der Waals surface area contributed by atoms with Gasteiger partial charge in [-0.2, -0.15) is 0 Å². The molecule has 1 aromatic rings. The number of nitrogens with zero attached hydrogens (tertiary/aromatic N) is 1. The number of ether oxygens (including phenoxy) is 1. The van der Waals surface area contributed by atoms with Crippen LogP contribution in [-0.2, 0) is 4.74 Å². The van der Waals surface area contributed by atoms with Crippen LogP contribution in [0.1, 0.15) is 31.1 Å². The van der Waals surface area contributed by atoms with Gasteiger partial charge in [0.15, 0.2) is 0 Å². The van der Waals surface area contributed by atoms with Crippen LogP contribution in [0.2, 0.25) is 0 Å². The van der Waals surface area contributed by atoms with Crippen LogP contribution in [-0.4, -0.2) is 36.6 Å². The quantitative estimate of drug-likeness (QED) is 0.594. The topological polar surface area (TPSA) is 93.5 Å². The number of nitro benzene ring substituents is 1. The Morgan fingerprint density at radius 1 is 1.43 bits per heavy atom. The maximum Gasteiger partial charge on any atom is 0.282 e. The zero-order valence-electron chi connectivity index (χ0n) is 12.7. The van der Waals surface area contributed by atoms with Crippen molar-refractivity contribution in [3.8, 4) is 0 Å². The first-order valence-electron chi connectivity index (χ1n) is 6.66. The molecule has 0 radical (unpaired) electrons. The molecule has 7 heteroatoms. The fourth-order valence-corrected chi connectivity index (χ4v) is 1.65. The van der Waals surface area contributed by atoms with Crippen LogP contribution in [0, 0.1) is 10.1 Å². The highest BCUT2D eigenvalue weighted by Crippen LogP contribution is 2.22. The molecule has 0 fully saturated rings. The van der Waals surface area contributed by atoms with Gasteiger partial charge in [0, 0.05) is 32.0 Å². The van der Waals surface area contributed by atoms with E-state index in [9.17, 15) is 14.9 Å². The van der Waals surface area contributed by atoms with Gasteiger partial charge >= 0.3 is 0 Å². The maximum absolute atomic E-state index is 12.2. The number of rotatable bonds is 7. The van der Waals surface area contributed by atoms with Crippen molar-refractivity contribution in [2.24, 2.45) is 0 Å². The predicted molar refractivity (Wildman–Crippen MR) is 80.7 cm³/mol. The lowest BCUT2D eigenvalue weighted by Crippen LogP contribution is -2.39. The molecule has 0 aliphatic rings. The molecule has 0 saturated carbocycles. The van der Waals surface area contributed by atoms with E-state index in [0.29, 0.717) is 12.2 Å². The average molecular weight is 295 g/mol. The van der Waals surface area contributed by atoms with Crippen LogP contribution in [0.4, 0.5) is 11.4 Å². The minimum atomic E-state index is -0.563. The molecule has 21 heavy (non-hydrogen) atoms. The fourth-order valence-electron chi connectivity index (χ4n) is 1.65. The third-order valence-electron chi connectivity index (χ3n) is 3.05. The second-order valence-electron chi connectivity index (χ2n) is 5.17. The van der Waals surface area contributed by atoms with Crippen LogP contribution in [0.15, 0.2) is 18.2 Å². The van der Waals surface area contributed by atoms with E-state index in [-0.39, 0.29) is 17.8 Å². The summed E-state index contributed by atoms with van der Waals surface area (Å²) in [7, 11) is 1.54. The second kappa shape index (κ2) is 7.03. The van der Waals surface area contributed by atoms with E-state index in [4.69, 9.17) is 4.74 Å². The lowest BCUT2D eigenvalue weighted by atomic mass is 10.1. The number of benzene rings is 1. The SMILES string of the molecule is CCNc1ccc([N+](=O)[O-])c(C(=O)NCC(C)(C)OC)c1. The molecule has 116 valence electrons. The van der Waals surface area contributed by atoms with Crippen LogP contribution in [0.5, 0.6) is 0 Å². The normalized spacial score (nSPS) is 11.0. The van der Waals surface area contributed by atoms with E-state index in [1.807, 2.05) is 20.8 Å². The van der Waals surface area contributed by atoms with Crippen molar-refractivity contribution in [3.05, 3.63) is 33.9 Å². The van der Waals surface area contributed by atoms with Crippen molar-refractivity contribution >= 4 is 17.3 Å². The van der Waals surface area contributed by atoms with E-state index in [2.05, 4.69) is 10.6 Å². The van der Waals surface area contributed by atoms with Gasteiger partial charge in [-0.1, -0.05) is 0 Å². The van der Waals surface area contributed by atoms with E-state index in [1.54, 1.807) is 13.2 Å². The van der Waals surface area contributed by atoms with E-state index in [0.717, 1.165) is 0 Å². The fraction of sp³-hybridized carbons (Fsp3) is 0.500. The number of carbonyl (C=O) groups is 1. The van der Waals surface area contributed by atoms with E-state index < -0.39 is 16.4 Å². The molecule has 0 spiro atoms. The first kappa shape index (κ1) is 16.9. The summed E-state index contributed by atoms with van der Waals surface area (Å²) in [5.74, 6) is -0.494. The van der Waals surface area contributed by atoms with Crippen molar-refractivity contribution < 1.29 is 14.5 Å². The molecule has 0 aromatic heterocycles. The molecule has 2 N–H and O–H groups in total. The third-order valence-corrected chi connectivity index (χ3v) is 3.05. The highest BCUT2D eigenvalue weighted by Gasteiger charge is 2.23. The highest BCUT2D eigenvalue weighted by atomic mass is 16.6. The van der Waals surface area contributed by atoms with Gasteiger partial charge in [-0.15, -0.1) is 0 Å². The summed E-state index contributed by atoms with van der Waals surface area (Å²) in [6.07, 6.45) is 0. The summed E-state index contributed by atoms with van der Waals surface area (Å²) in [6.45, 7) is 6.45. The van der Waals surface area contributed by atoms with Crippen molar-refractivity contribution in [2.75, 3.05) is 25.5 Å². The number of hydrogen-bond acceptors (Lipinski definition) is 5. The predicted octanol–water partition coefficient (Wildman–Crippen LogP) is 2.18. The highest BCUT2D eigenvalue weighted by molar-refractivity contribution is 5.99. The molecular weight excluding hydrogens is 274 g/mol. The Bertz CT molecular complexity index is 529. The van der Waals surface area contributed by atoms with E-state index in [1.165, 1.54) is 12.1 Å². The molecule has 0 aliphatic carbocycles. The molecule has 7 nitrogen and oxygen atoms in total. The molecule has 0 unspecified atom stereocenters. The van der Waals surface area contributed by atoms with E-state index >= 15 is 0 Å². The number of methoxy groups -OCH3 is 1. The second-order valence-corrected chi connectivity index (χ2v) is 5.17. The Kier molecular flexibility index (Phi) is 5.66. The Labute approximate surface area is 123 Å². The summed E-state index contributed by atoms with van der Waals surface area (Å²) in [5.41, 5.74) is -0.0574. The molecule has 1 rings (SSSR count). The van der Waals surface area contributed by atoms with Crippen LogP contribution in [0.25, 0.3) is 0 Å². The summed E-state index contributed by atoms with van der Waals surface area (Å²) in [4.78, 5) is 22.7. The molecule has 0 saturated heterocycles. The standard InChI is InChI=1S/C14H21N3O4/c1-5-15-10-6-7-12(17(19)20)11(8-10)13(18)16-9-14(2,3)21-4/h6-8,15H,5,9H2,1-4H3,(H,16,18). The largest absolute Gasteiger partial charge is 0.385 e. The smallest absolute Gasteiger partial charge is 0.282 e. The minimum absolute atomic E-state index is 0.0327. The summed E-state index contributed by atoms with van der Waals surface area (Å²) < 4.78 is 5.20. The summed E-state index contributed by atoms with van der Waals surface area (Å²) in [5, 5.41) is 16.7. The molecular formula is C14H21N3O4. The molecule has 0 aliphatic heterocycles. The lowest BCUT2D eigenvalue weighted by molar-refractivity contribution is -0.385. The molecule has 1 aromatic carbocycles. The Morgan fingerprint density at radius 2 is 2.10 bits per heavy atom. The number of hydrogen-bond donors (Lipinski definition) is 2. The Balaban J connectivity index is 2.99. The number of carbonyl (C=O) groups excluding carboxylic acids is 1. The summed E-state index contributed by atoms with van der Waals surface area (Å²) in [6, 6.07) is 4.39. The minimum Gasteiger partial charge on any atom is -0.385 e. The van der Waals surface area contributed by atoms with Gasteiger partial charge in [-0.05, 0) is 32.9 Å². The monoisotopic (exact) mass is 295 g/mol. The third kappa shape index (κ3) is 4.71. The van der Waals surface area contributed by atoms with Crippen LogP contribution in [0.3, 0.4) is 0 Å². The van der Waals surface area contributed by atoms with Crippen molar-refractivity contribution in [1.82, 2.24) is 5.32 Å². The van der Waals surface area contributed by atoms with Gasteiger partial charge in [0.05, 0.1) is 10.5 Å².